The second kappa shape index (κ2) is 4.91. The molecule has 0 saturated heterocycles. The zero-order chi connectivity index (χ0) is 11.4. The zero-order valence-electron chi connectivity index (χ0n) is 8.96. The van der Waals surface area contributed by atoms with Crippen LogP contribution < -0.4 is 0 Å². The van der Waals surface area contributed by atoms with Crippen molar-refractivity contribution in [3.8, 4) is 0 Å². The van der Waals surface area contributed by atoms with Crippen molar-refractivity contribution in [1.29, 1.82) is 0 Å². The number of halogens is 1. The van der Waals surface area contributed by atoms with E-state index in [1.165, 1.54) is 6.07 Å². The maximum Gasteiger partial charge on any atom is 0.335 e. The first-order valence-electron chi connectivity index (χ1n) is 5.12. The smallest absolute Gasteiger partial charge is 0.335 e. The fourth-order valence-electron chi connectivity index (χ4n) is 1.72. The Balaban J connectivity index is 3.07. The molecule has 0 radical (unpaired) electrons. The number of rotatable bonds is 4. The van der Waals surface area contributed by atoms with Gasteiger partial charge in [-0.1, -0.05) is 19.9 Å². The van der Waals surface area contributed by atoms with Crippen molar-refractivity contribution in [2.24, 2.45) is 0 Å². The van der Waals surface area contributed by atoms with Gasteiger partial charge >= 0.3 is 5.97 Å². The lowest BCUT2D eigenvalue weighted by molar-refractivity contribution is 0.0696. The minimum absolute atomic E-state index is 0.00204. The first kappa shape index (κ1) is 11.7. The second-order valence-electron chi connectivity index (χ2n) is 3.55. The van der Waals surface area contributed by atoms with E-state index in [0.717, 1.165) is 18.9 Å². The van der Waals surface area contributed by atoms with Crippen molar-refractivity contribution < 1.29 is 14.3 Å². The Hall–Kier alpha value is -1.38. The van der Waals surface area contributed by atoms with Crippen molar-refractivity contribution in [3.05, 3.63) is 35.1 Å². The molecular formula is C12H15FO2. The highest BCUT2D eigenvalue weighted by Crippen LogP contribution is 2.25. The zero-order valence-corrected chi connectivity index (χ0v) is 8.96. The molecule has 0 amide bonds. The standard InChI is InChI=1S/C12H15FO2/c1-3-8(4-2)10-6-5-9(12(14)15)7-11(10)13/h5-8H,3-4H2,1-2H3,(H,14,15). The van der Waals surface area contributed by atoms with Gasteiger partial charge in [-0.25, -0.2) is 9.18 Å². The molecule has 1 aromatic rings. The summed E-state index contributed by atoms with van der Waals surface area (Å²) in [6.45, 7) is 4.00. The highest BCUT2D eigenvalue weighted by molar-refractivity contribution is 5.87. The maximum absolute atomic E-state index is 13.6. The van der Waals surface area contributed by atoms with E-state index in [1.807, 2.05) is 13.8 Å². The van der Waals surface area contributed by atoms with Crippen LogP contribution in [0.2, 0.25) is 0 Å². The van der Waals surface area contributed by atoms with Crippen molar-refractivity contribution in [1.82, 2.24) is 0 Å². The van der Waals surface area contributed by atoms with Gasteiger partial charge < -0.3 is 5.11 Å². The first-order chi connectivity index (χ1) is 7.10. The third kappa shape index (κ3) is 2.55. The molecule has 0 heterocycles. The molecule has 0 unspecified atom stereocenters. The van der Waals surface area contributed by atoms with E-state index in [2.05, 4.69) is 0 Å². The number of carbonyl (C=O) groups is 1. The summed E-state index contributed by atoms with van der Waals surface area (Å²) in [5.41, 5.74) is 0.618. The minimum Gasteiger partial charge on any atom is -0.478 e. The van der Waals surface area contributed by atoms with E-state index in [9.17, 15) is 9.18 Å². The van der Waals surface area contributed by atoms with Crippen molar-refractivity contribution >= 4 is 5.97 Å². The fourth-order valence-corrected chi connectivity index (χ4v) is 1.72. The molecule has 3 heteroatoms. The average Bonchev–Trinajstić information content (AvgIpc) is 2.21. The molecule has 2 nitrogen and oxygen atoms in total. The molecule has 0 atom stereocenters. The van der Waals surface area contributed by atoms with Crippen molar-refractivity contribution in [2.45, 2.75) is 32.6 Å². The lowest BCUT2D eigenvalue weighted by atomic mass is 9.93. The van der Waals surface area contributed by atoms with Crippen LogP contribution in [0.25, 0.3) is 0 Å². The Kier molecular flexibility index (Phi) is 3.83. The van der Waals surface area contributed by atoms with Crippen LogP contribution in [0.1, 0.15) is 48.5 Å². The Morgan fingerprint density at radius 2 is 2.00 bits per heavy atom. The molecule has 15 heavy (non-hydrogen) atoms. The van der Waals surface area contributed by atoms with Crippen LogP contribution in [0.15, 0.2) is 18.2 Å². The van der Waals surface area contributed by atoms with Crippen molar-refractivity contribution in [3.63, 3.8) is 0 Å². The monoisotopic (exact) mass is 210 g/mol. The molecule has 0 aliphatic rings. The summed E-state index contributed by atoms with van der Waals surface area (Å²) in [6, 6.07) is 4.13. The van der Waals surface area contributed by atoms with Crippen LogP contribution >= 0.6 is 0 Å². The van der Waals surface area contributed by atoms with Gasteiger partial charge in [0.05, 0.1) is 5.56 Å². The molecule has 82 valence electrons. The Bertz CT molecular complexity index is 357. The summed E-state index contributed by atoms with van der Waals surface area (Å²) in [4.78, 5) is 10.6. The first-order valence-corrected chi connectivity index (χ1v) is 5.12. The van der Waals surface area contributed by atoms with E-state index >= 15 is 0 Å². The molecular weight excluding hydrogens is 195 g/mol. The summed E-state index contributed by atoms with van der Waals surface area (Å²) in [5.74, 6) is -1.33. The predicted molar refractivity (Wildman–Crippen MR) is 56.7 cm³/mol. The molecule has 0 fully saturated rings. The molecule has 0 saturated carbocycles. The summed E-state index contributed by atoms with van der Waals surface area (Å²) >= 11 is 0. The largest absolute Gasteiger partial charge is 0.478 e. The van der Waals surface area contributed by atoms with E-state index in [-0.39, 0.29) is 11.5 Å². The van der Waals surface area contributed by atoms with Gasteiger partial charge in [-0.15, -0.1) is 0 Å². The molecule has 0 aliphatic carbocycles. The lowest BCUT2D eigenvalue weighted by Crippen LogP contribution is -2.03. The quantitative estimate of drug-likeness (QED) is 0.826. The summed E-state index contributed by atoms with van der Waals surface area (Å²) in [5, 5.41) is 8.69. The SMILES string of the molecule is CCC(CC)c1ccc(C(=O)O)cc1F. The number of benzene rings is 1. The van der Waals surface area contributed by atoms with E-state index < -0.39 is 11.8 Å². The van der Waals surface area contributed by atoms with Crippen LogP contribution in [0.4, 0.5) is 4.39 Å². The molecule has 1 aromatic carbocycles. The van der Waals surface area contributed by atoms with E-state index in [1.54, 1.807) is 6.07 Å². The van der Waals surface area contributed by atoms with Gasteiger partial charge in [0.15, 0.2) is 0 Å². The predicted octanol–water partition coefficient (Wildman–Crippen LogP) is 3.43. The molecule has 0 spiro atoms. The van der Waals surface area contributed by atoms with Crippen LogP contribution in [0, 0.1) is 5.82 Å². The van der Waals surface area contributed by atoms with Gasteiger partial charge in [0, 0.05) is 0 Å². The molecule has 0 aromatic heterocycles. The lowest BCUT2D eigenvalue weighted by Gasteiger charge is -2.13. The van der Waals surface area contributed by atoms with Gasteiger partial charge in [-0.2, -0.15) is 0 Å². The number of carboxylic acids is 1. The highest BCUT2D eigenvalue weighted by atomic mass is 19.1. The second-order valence-corrected chi connectivity index (χ2v) is 3.55. The van der Waals surface area contributed by atoms with Crippen LogP contribution in [-0.4, -0.2) is 11.1 Å². The summed E-state index contributed by atoms with van der Waals surface area (Å²) < 4.78 is 13.6. The maximum atomic E-state index is 13.6. The average molecular weight is 210 g/mol. The highest BCUT2D eigenvalue weighted by Gasteiger charge is 2.14. The topological polar surface area (TPSA) is 37.3 Å². The number of aromatic carboxylic acids is 1. The fraction of sp³-hybridized carbons (Fsp3) is 0.417. The molecule has 0 bridgehead atoms. The Morgan fingerprint density at radius 3 is 2.40 bits per heavy atom. The van der Waals surface area contributed by atoms with Crippen LogP contribution in [-0.2, 0) is 0 Å². The van der Waals surface area contributed by atoms with Gasteiger partial charge in [0.1, 0.15) is 5.82 Å². The van der Waals surface area contributed by atoms with Crippen LogP contribution in [0.3, 0.4) is 0 Å². The summed E-state index contributed by atoms with van der Waals surface area (Å²) in [6.07, 6.45) is 1.72. The van der Waals surface area contributed by atoms with E-state index in [0.29, 0.717) is 5.56 Å². The molecule has 1 N–H and O–H groups in total. The number of hydrogen-bond donors (Lipinski definition) is 1. The summed E-state index contributed by atoms with van der Waals surface area (Å²) in [7, 11) is 0. The van der Waals surface area contributed by atoms with Gasteiger partial charge in [-0.05, 0) is 36.5 Å². The Labute approximate surface area is 88.7 Å². The molecule has 1 rings (SSSR count). The van der Waals surface area contributed by atoms with E-state index in [4.69, 9.17) is 5.11 Å². The molecule has 0 aliphatic heterocycles. The minimum atomic E-state index is -1.09. The van der Waals surface area contributed by atoms with Crippen LogP contribution in [0.5, 0.6) is 0 Å². The normalized spacial score (nSPS) is 10.7. The number of carboxylic acid groups (broad SMARTS) is 1. The van der Waals surface area contributed by atoms with Gasteiger partial charge in [0.25, 0.3) is 0 Å². The van der Waals surface area contributed by atoms with Crippen molar-refractivity contribution in [2.75, 3.05) is 0 Å². The number of hydrogen-bond acceptors (Lipinski definition) is 1. The van der Waals surface area contributed by atoms with Gasteiger partial charge in [-0.3, -0.25) is 0 Å². The third-order valence-corrected chi connectivity index (χ3v) is 2.67. The third-order valence-electron chi connectivity index (χ3n) is 2.67. The Morgan fingerprint density at radius 1 is 1.40 bits per heavy atom. The van der Waals surface area contributed by atoms with Gasteiger partial charge in [0.2, 0.25) is 0 Å².